The fourth-order valence-corrected chi connectivity index (χ4v) is 4.22. The molecule has 2 heterocycles. The lowest BCUT2D eigenvalue weighted by Crippen LogP contribution is -3.27. The smallest absolute Gasteiger partial charge is 0.259 e. The number of hydrogen-bond acceptors (Lipinski definition) is 4. The molecule has 30 heavy (non-hydrogen) atoms. The van der Waals surface area contributed by atoms with Crippen LogP contribution < -0.4 is 24.8 Å². The summed E-state index contributed by atoms with van der Waals surface area (Å²) in [7, 11) is 3.14. The number of rotatable bonds is 6. The van der Waals surface area contributed by atoms with Crippen molar-refractivity contribution in [2.75, 3.05) is 40.4 Å². The Morgan fingerprint density at radius 2 is 1.60 bits per heavy atom. The van der Waals surface area contributed by atoms with Gasteiger partial charge in [-0.05, 0) is 18.6 Å². The summed E-state index contributed by atoms with van der Waals surface area (Å²) >= 11 is 0. The van der Waals surface area contributed by atoms with Gasteiger partial charge in [-0.2, -0.15) is 0 Å². The highest BCUT2D eigenvalue weighted by molar-refractivity contribution is 5.81. The van der Waals surface area contributed by atoms with Gasteiger partial charge in [0.05, 0.1) is 25.1 Å². The van der Waals surface area contributed by atoms with Crippen LogP contribution in [0.2, 0.25) is 0 Å². The first kappa shape index (κ1) is 20.4. The molecule has 7 heteroatoms. The second kappa shape index (κ2) is 8.85. The predicted octanol–water partition coefficient (Wildman–Crippen LogP) is -0.268. The summed E-state index contributed by atoms with van der Waals surface area (Å²) < 4.78 is 10.7. The molecule has 1 aliphatic rings. The van der Waals surface area contributed by atoms with E-state index in [4.69, 9.17) is 14.5 Å². The highest BCUT2D eigenvalue weighted by Gasteiger charge is 2.24. The molecule has 4 rings (SSSR count). The van der Waals surface area contributed by atoms with Gasteiger partial charge in [-0.3, -0.25) is 4.79 Å². The summed E-state index contributed by atoms with van der Waals surface area (Å²) in [5, 5.41) is 0.513. The molecule has 0 aliphatic carbocycles. The van der Waals surface area contributed by atoms with Crippen LogP contribution in [0, 0.1) is 6.92 Å². The standard InChI is InChI=1S/C23H28N4O3/c1-16-6-4-5-7-17(16)14-26-8-10-27(11-9-26)15-22-24-19-13-21(30-3)20(29-2)12-18(19)23(28)25-22/h4-7,12-13H,8-11,14-15H2,1-3H3,(H,24,25,28)/p+2. The highest BCUT2D eigenvalue weighted by Crippen LogP contribution is 2.29. The zero-order valence-electron chi connectivity index (χ0n) is 17.9. The van der Waals surface area contributed by atoms with Gasteiger partial charge in [0.25, 0.3) is 5.56 Å². The summed E-state index contributed by atoms with van der Waals surface area (Å²) in [6.45, 7) is 8.34. The van der Waals surface area contributed by atoms with Gasteiger partial charge < -0.3 is 24.3 Å². The maximum atomic E-state index is 12.6. The molecule has 3 aromatic rings. The van der Waals surface area contributed by atoms with E-state index in [1.165, 1.54) is 16.0 Å². The van der Waals surface area contributed by atoms with Crippen molar-refractivity contribution in [3.8, 4) is 11.5 Å². The van der Waals surface area contributed by atoms with Gasteiger partial charge in [0, 0.05) is 11.6 Å². The molecule has 0 bridgehead atoms. The van der Waals surface area contributed by atoms with E-state index in [2.05, 4.69) is 36.2 Å². The molecule has 0 saturated carbocycles. The van der Waals surface area contributed by atoms with E-state index < -0.39 is 0 Å². The van der Waals surface area contributed by atoms with Crippen molar-refractivity contribution in [3.05, 3.63) is 63.7 Å². The number of methoxy groups -OCH3 is 2. The molecule has 158 valence electrons. The van der Waals surface area contributed by atoms with Crippen molar-refractivity contribution < 1.29 is 19.3 Å². The Labute approximate surface area is 176 Å². The zero-order valence-corrected chi connectivity index (χ0v) is 17.9. The van der Waals surface area contributed by atoms with E-state index in [0.29, 0.717) is 22.4 Å². The maximum absolute atomic E-state index is 12.6. The molecule has 0 amide bonds. The normalized spacial score (nSPS) is 19.0. The van der Waals surface area contributed by atoms with Crippen molar-refractivity contribution >= 4 is 10.9 Å². The van der Waals surface area contributed by atoms with E-state index in [1.54, 1.807) is 31.3 Å². The van der Waals surface area contributed by atoms with E-state index >= 15 is 0 Å². The monoisotopic (exact) mass is 410 g/mol. The Hall–Kier alpha value is -2.90. The van der Waals surface area contributed by atoms with Crippen LogP contribution in [0.4, 0.5) is 0 Å². The lowest BCUT2D eigenvalue weighted by atomic mass is 10.1. The molecule has 0 unspecified atom stereocenters. The minimum atomic E-state index is -0.140. The summed E-state index contributed by atoms with van der Waals surface area (Å²) in [5.74, 6) is 1.83. The minimum absolute atomic E-state index is 0.140. The van der Waals surface area contributed by atoms with E-state index in [-0.39, 0.29) is 5.56 Å². The van der Waals surface area contributed by atoms with Crippen molar-refractivity contribution in [2.24, 2.45) is 0 Å². The maximum Gasteiger partial charge on any atom is 0.259 e. The Morgan fingerprint density at radius 1 is 0.967 bits per heavy atom. The molecule has 0 radical (unpaired) electrons. The van der Waals surface area contributed by atoms with Crippen LogP contribution in [0.1, 0.15) is 17.0 Å². The van der Waals surface area contributed by atoms with Crippen molar-refractivity contribution in [1.29, 1.82) is 0 Å². The number of hydrogen-bond donors (Lipinski definition) is 3. The lowest BCUT2D eigenvalue weighted by molar-refractivity contribution is -1.02. The third-order valence-electron chi connectivity index (χ3n) is 6.04. The molecule has 0 spiro atoms. The fourth-order valence-electron chi connectivity index (χ4n) is 4.22. The molecule has 1 saturated heterocycles. The van der Waals surface area contributed by atoms with Crippen LogP contribution in [0.5, 0.6) is 11.5 Å². The number of aromatic nitrogens is 2. The third-order valence-corrected chi connectivity index (χ3v) is 6.04. The number of nitrogens with zero attached hydrogens (tertiary/aromatic N) is 1. The summed E-state index contributed by atoms with van der Waals surface area (Å²) in [6, 6.07) is 12.1. The lowest BCUT2D eigenvalue weighted by Gasteiger charge is -2.29. The van der Waals surface area contributed by atoms with Gasteiger partial charge in [0.15, 0.2) is 17.3 Å². The molecule has 1 aliphatic heterocycles. The highest BCUT2D eigenvalue weighted by atomic mass is 16.5. The van der Waals surface area contributed by atoms with Gasteiger partial charge >= 0.3 is 0 Å². The van der Waals surface area contributed by atoms with Crippen LogP contribution >= 0.6 is 0 Å². The van der Waals surface area contributed by atoms with Crippen LogP contribution in [0.15, 0.2) is 41.2 Å². The Morgan fingerprint density at radius 3 is 2.27 bits per heavy atom. The van der Waals surface area contributed by atoms with Gasteiger partial charge in [-0.15, -0.1) is 0 Å². The number of aromatic amines is 1. The number of aryl methyl sites for hydroxylation is 1. The first-order chi connectivity index (χ1) is 14.6. The van der Waals surface area contributed by atoms with Crippen molar-refractivity contribution in [2.45, 2.75) is 20.0 Å². The van der Waals surface area contributed by atoms with Crippen LogP contribution in [0.25, 0.3) is 10.9 Å². The molecule has 1 fully saturated rings. The van der Waals surface area contributed by atoms with E-state index in [9.17, 15) is 4.79 Å². The number of benzene rings is 2. The van der Waals surface area contributed by atoms with Gasteiger partial charge in [0.2, 0.25) is 0 Å². The second-order valence-corrected chi connectivity index (χ2v) is 8.02. The Kier molecular flexibility index (Phi) is 6.01. The van der Waals surface area contributed by atoms with Gasteiger partial charge in [-0.25, -0.2) is 4.98 Å². The molecular weight excluding hydrogens is 380 g/mol. The number of ether oxygens (including phenoxy) is 2. The summed E-state index contributed by atoms with van der Waals surface area (Å²) in [5.41, 5.74) is 3.29. The second-order valence-electron chi connectivity index (χ2n) is 8.02. The van der Waals surface area contributed by atoms with E-state index in [0.717, 1.165) is 45.1 Å². The Bertz CT molecular complexity index is 1090. The van der Waals surface area contributed by atoms with Crippen molar-refractivity contribution in [3.63, 3.8) is 0 Å². The third kappa shape index (κ3) is 4.32. The number of fused-ring (bicyclic) bond motifs is 1. The summed E-state index contributed by atoms with van der Waals surface area (Å²) in [4.78, 5) is 23.3. The topological polar surface area (TPSA) is 73.1 Å². The summed E-state index contributed by atoms with van der Waals surface area (Å²) in [6.07, 6.45) is 0. The first-order valence-electron chi connectivity index (χ1n) is 10.4. The first-order valence-corrected chi connectivity index (χ1v) is 10.4. The van der Waals surface area contributed by atoms with Crippen LogP contribution in [-0.4, -0.2) is 50.4 Å². The van der Waals surface area contributed by atoms with Crippen molar-refractivity contribution in [1.82, 2.24) is 9.97 Å². The molecule has 1 aromatic heterocycles. The molecule has 3 N–H and O–H groups in total. The molecule has 0 atom stereocenters. The Balaban J connectivity index is 1.43. The van der Waals surface area contributed by atoms with Gasteiger partial charge in [-0.1, -0.05) is 24.3 Å². The largest absolute Gasteiger partial charge is 0.493 e. The average molecular weight is 411 g/mol. The average Bonchev–Trinajstić information content (AvgIpc) is 2.76. The molecular formula is C23H30N4O3+2. The van der Waals surface area contributed by atoms with Gasteiger partial charge in [0.1, 0.15) is 39.3 Å². The number of piperazine rings is 1. The minimum Gasteiger partial charge on any atom is -0.493 e. The van der Waals surface area contributed by atoms with Crippen LogP contribution in [0.3, 0.4) is 0 Å². The molecule has 7 nitrogen and oxygen atoms in total. The SMILES string of the molecule is COc1cc2nc(C[NH+]3CC[NH+](Cc4ccccc4C)CC3)[nH]c(=O)c2cc1OC. The molecule has 2 aromatic carbocycles. The fraction of sp³-hybridized carbons (Fsp3) is 0.391. The zero-order chi connectivity index (χ0) is 21.1. The number of nitrogens with one attached hydrogen (secondary N) is 3. The van der Waals surface area contributed by atoms with Crippen LogP contribution in [-0.2, 0) is 13.1 Å². The quantitative estimate of drug-likeness (QED) is 0.523. The predicted molar refractivity (Wildman–Crippen MR) is 115 cm³/mol. The van der Waals surface area contributed by atoms with E-state index in [1.807, 2.05) is 0 Å². The number of H-pyrrole nitrogens is 1. The number of quaternary nitrogens is 2.